The van der Waals surface area contributed by atoms with E-state index in [1.165, 1.54) is 17.0 Å². The molecule has 2 fully saturated rings. The number of nitrogens with zero attached hydrogens (tertiary/aromatic N) is 1. The monoisotopic (exact) mass is 531 g/mol. The van der Waals surface area contributed by atoms with Crippen molar-refractivity contribution in [3.63, 3.8) is 0 Å². The first kappa shape index (κ1) is 27.3. The summed E-state index contributed by atoms with van der Waals surface area (Å²) in [4.78, 5) is 28.6. The van der Waals surface area contributed by atoms with Gasteiger partial charge in [0.25, 0.3) is 0 Å². The first-order valence-electron chi connectivity index (χ1n) is 14.0. The number of amides is 2. The van der Waals surface area contributed by atoms with Crippen LogP contribution in [0.1, 0.15) is 57.9 Å². The van der Waals surface area contributed by atoms with E-state index in [1.54, 1.807) is 18.2 Å². The maximum absolute atomic E-state index is 13.9. The van der Waals surface area contributed by atoms with Crippen molar-refractivity contribution >= 4 is 30.7 Å². The fraction of sp³-hybridized carbons (Fsp3) is 0.419. The smallest absolute Gasteiger partial charge is 0.455 e. The molecule has 2 amide bonds. The second-order valence-electron chi connectivity index (χ2n) is 10.8. The van der Waals surface area contributed by atoms with Crippen molar-refractivity contribution in [2.45, 2.75) is 64.8 Å². The number of benzene rings is 2. The molecule has 3 aliphatic rings. The van der Waals surface area contributed by atoms with Crippen molar-refractivity contribution < 1.29 is 28.8 Å². The van der Waals surface area contributed by atoms with Crippen LogP contribution in [0.3, 0.4) is 0 Å². The fourth-order valence-corrected chi connectivity index (χ4v) is 6.69. The molecule has 2 heterocycles. The molecule has 1 aliphatic carbocycles. The second kappa shape index (κ2) is 11.5. The number of aromatic hydroxyl groups is 1. The standard InChI is InChI=1S/C31H35BFNO5/c1-3-8-19(15-20-11-13-26(35)25(33)16-20)12-14-27-28-21(4-2)17-23-29(24(28)18-32(38)39-27)31(37)34(30(23)36)22-9-6-5-7-10-22/h5-7,9-11,13,15-16,23-24,27,29,35,38H,3-4,8,12,14,17-18H2,1-2H3/b19-15+/t23-,24+,27-,29-/m1/s1. The summed E-state index contributed by atoms with van der Waals surface area (Å²) >= 11 is 0. The number of phenols is 1. The van der Waals surface area contributed by atoms with Gasteiger partial charge in [-0.2, -0.15) is 0 Å². The zero-order valence-electron chi connectivity index (χ0n) is 22.5. The third-order valence-electron chi connectivity index (χ3n) is 8.39. The molecule has 6 nitrogen and oxygen atoms in total. The minimum absolute atomic E-state index is 0.159. The van der Waals surface area contributed by atoms with Crippen LogP contribution in [0.25, 0.3) is 6.08 Å². The summed E-state index contributed by atoms with van der Waals surface area (Å²) in [7, 11) is -1.01. The molecule has 2 aliphatic heterocycles. The first-order chi connectivity index (χ1) is 18.8. The first-order valence-corrected chi connectivity index (χ1v) is 14.0. The third-order valence-corrected chi connectivity index (χ3v) is 8.39. The van der Waals surface area contributed by atoms with Crippen molar-refractivity contribution in [1.29, 1.82) is 0 Å². The largest absolute Gasteiger partial charge is 0.505 e. The van der Waals surface area contributed by atoms with Gasteiger partial charge in [0.1, 0.15) is 0 Å². The number of hydrogen-bond acceptors (Lipinski definition) is 5. The van der Waals surface area contributed by atoms with Crippen LogP contribution < -0.4 is 4.90 Å². The predicted octanol–water partition coefficient (Wildman–Crippen LogP) is 5.91. The lowest BCUT2D eigenvalue weighted by Gasteiger charge is -2.43. The van der Waals surface area contributed by atoms with Gasteiger partial charge in [-0.25, -0.2) is 4.39 Å². The number of rotatable bonds is 8. The normalized spacial score (nSPS) is 25.3. The number of para-hydroxylation sites is 1. The molecular weight excluding hydrogens is 496 g/mol. The number of carbonyl (C=O) groups is 2. The molecule has 0 saturated carbocycles. The molecule has 0 bridgehead atoms. The highest BCUT2D eigenvalue weighted by atomic mass is 19.1. The van der Waals surface area contributed by atoms with E-state index in [0.29, 0.717) is 36.8 Å². The van der Waals surface area contributed by atoms with Crippen molar-refractivity contribution in [3.05, 3.63) is 76.6 Å². The van der Waals surface area contributed by atoms with Crippen LogP contribution in [-0.4, -0.2) is 35.2 Å². The number of phenolic OH excluding ortho intramolecular Hbond substituents is 1. The number of anilines is 1. The highest BCUT2D eigenvalue weighted by Crippen LogP contribution is 2.51. The quantitative estimate of drug-likeness (QED) is 0.251. The van der Waals surface area contributed by atoms with Gasteiger partial charge in [-0.3, -0.25) is 14.5 Å². The molecule has 0 aromatic heterocycles. The van der Waals surface area contributed by atoms with Gasteiger partial charge in [0.15, 0.2) is 11.6 Å². The van der Waals surface area contributed by atoms with Gasteiger partial charge >= 0.3 is 7.12 Å². The Hall–Kier alpha value is -3.23. The molecule has 0 spiro atoms. The van der Waals surface area contributed by atoms with Gasteiger partial charge < -0.3 is 14.8 Å². The molecule has 0 unspecified atom stereocenters. The average molecular weight is 531 g/mol. The topological polar surface area (TPSA) is 87.1 Å². The number of fused-ring (bicyclic) bond motifs is 3. The summed E-state index contributed by atoms with van der Waals surface area (Å²) in [5.74, 6) is -2.56. The molecule has 2 N–H and O–H groups in total. The van der Waals surface area contributed by atoms with E-state index in [9.17, 15) is 24.1 Å². The second-order valence-corrected chi connectivity index (χ2v) is 10.8. The SMILES string of the molecule is CCC/C(=C\c1ccc(O)c(F)c1)CC[C@H]1OB(O)C[C@H]2C1=C(CC)C[C@H]1C(=O)N(c3ccccc3)C(=O)[C@H]12. The maximum Gasteiger partial charge on any atom is 0.455 e. The van der Waals surface area contributed by atoms with Gasteiger partial charge in [0.05, 0.1) is 23.6 Å². The number of carbonyl (C=O) groups excluding carboxylic acids is 2. The Morgan fingerprint density at radius 2 is 1.87 bits per heavy atom. The lowest BCUT2D eigenvalue weighted by molar-refractivity contribution is -0.122. The molecule has 2 saturated heterocycles. The van der Waals surface area contributed by atoms with E-state index in [4.69, 9.17) is 4.65 Å². The van der Waals surface area contributed by atoms with E-state index in [0.717, 1.165) is 36.0 Å². The van der Waals surface area contributed by atoms with Crippen LogP contribution >= 0.6 is 0 Å². The average Bonchev–Trinajstić information content (AvgIpc) is 3.18. The van der Waals surface area contributed by atoms with Crippen LogP contribution in [0, 0.1) is 23.6 Å². The Bertz CT molecular complexity index is 1310. The lowest BCUT2D eigenvalue weighted by atomic mass is 9.58. The lowest BCUT2D eigenvalue weighted by Crippen LogP contribution is -2.46. The van der Waals surface area contributed by atoms with Gasteiger partial charge in [-0.05, 0) is 79.7 Å². The minimum atomic E-state index is -1.01. The van der Waals surface area contributed by atoms with E-state index in [2.05, 4.69) is 13.8 Å². The van der Waals surface area contributed by atoms with E-state index >= 15 is 0 Å². The zero-order chi connectivity index (χ0) is 27.7. The highest BCUT2D eigenvalue weighted by molar-refractivity contribution is 6.43. The van der Waals surface area contributed by atoms with Crippen molar-refractivity contribution in [2.75, 3.05) is 4.90 Å². The van der Waals surface area contributed by atoms with E-state index in [1.807, 2.05) is 24.3 Å². The summed E-state index contributed by atoms with van der Waals surface area (Å²) < 4.78 is 20.0. The number of halogens is 1. The third kappa shape index (κ3) is 5.32. The summed E-state index contributed by atoms with van der Waals surface area (Å²) in [5, 5.41) is 20.3. The molecule has 2 aromatic rings. The summed E-state index contributed by atoms with van der Waals surface area (Å²) in [5.41, 5.74) is 4.62. The van der Waals surface area contributed by atoms with Gasteiger partial charge in [-0.15, -0.1) is 0 Å². The van der Waals surface area contributed by atoms with Gasteiger partial charge in [0, 0.05) is 0 Å². The van der Waals surface area contributed by atoms with Crippen LogP contribution in [-0.2, 0) is 14.2 Å². The molecule has 0 radical (unpaired) electrons. The van der Waals surface area contributed by atoms with Crippen molar-refractivity contribution in [1.82, 2.24) is 0 Å². The molecule has 5 rings (SSSR count). The number of hydrogen-bond donors (Lipinski definition) is 2. The van der Waals surface area contributed by atoms with Crippen molar-refractivity contribution in [3.8, 4) is 5.75 Å². The van der Waals surface area contributed by atoms with Crippen LogP contribution in [0.15, 0.2) is 65.3 Å². The Morgan fingerprint density at radius 1 is 1.10 bits per heavy atom. The number of imide groups is 1. The van der Waals surface area contributed by atoms with E-state index in [-0.39, 0.29) is 29.6 Å². The van der Waals surface area contributed by atoms with Gasteiger partial charge in [0.2, 0.25) is 11.8 Å². The molecular formula is C31H35BFNO5. The van der Waals surface area contributed by atoms with Crippen molar-refractivity contribution in [2.24, 2.45) is 17.8 Å². The molecule has 39 heavy (non-hydrogen) atoms. The van der Waals surface area contributed by atoms with E-state index < -0.39 is 24.8 Å². The Labute approximate surface area is 229 Å². The Kier molecular flexibility index (Phi) is 8.05. The van der Waals surface area contributed by atoms with Crippen LogP contribution in [0.2, 0.25) is 6.32 Å². The molecule has 204 valence electrons. The zero-order valence-corrected chi connectivity index (χ0v) is 22.5. The summed E-state index contributed by atoms with van der Waals surface area (Å²) in [6, 6.07) is 13.4. The Morgan fingerprint density at radius 3 is 2.56 bits per heavy atom. The summed E-state index contributed by atoms with van der Waals surface area (Å²) in [6.45, 7) is 4.15. The highest BCUT2D eigenvalue weighted by Gasteiger charge is 2.57. The van der Waals surface area contributed by atoms with Crippen LogP contribution in [0.4, 0.5) is 10.1 Å². The molecule has 4 atom stereocenters. The van der Waals surface area contributed by atoms with Crippen LogP contribution in [0.5, 0.6) is 5.75 Å². The predicted molar refractivity (Wildman–Crippen MR) is 149 cm³/mol. The fourth-order valence-electron chi connectivity index (χ4n) is 6.69. The molecule has 8 heteroatoms. The summed E-state index contributed by atoms with van der Waals surface area (Å²) in [6.07, 6.45) is 6.20. The Balaban J connectivity index is 1.42. The number of allylic oxidation sites excluding steroid dienone is 2. The van der Waals surface area contributed by atoms with Gasteiger partial charge in [-0.1, -0.05) is 61.8 Å². The maximum atomic E-state index is 13.9. The molecule has 2 aromatic carbocycles. The minimum Gasteiger partial charge on any atom is -0.505 e.